The fourth-order valence-electron chi connectivity index (χ4n) is 6.21. The quantitative estimate of drug-likeness (QED) is 0.156. The zero-order valence-electron chi connectivity index (χ0n) is 22.0. The minimum absolute atomic E-state index is 0.435. The Kier molecular flexibility index (Phi) is 8.26. The molecular weight excluding hydrogens is 484 g/mol. The molecule has 1 nitrogen and oxygen atoms in total. The van der Waals surface area contributed by atoms with E-state index >= 15 is 0 Å². The molecule has 4 aromatic rings. The molecule has 5 rings (SSSR count). The lowest BCUT2D eigenvalue weighted by molar-refractivity contribution is 0.620. The van der Waals surface area contributed by atoms with Crippen molar-refractivity contribution in [2.45, 2.75) is 43.9 Å². The third kappa shape index (κ3) is 4.95. The number of unbranched alkanes of at least 4 members (excludes halogenated alkanes) is 1. The van der Waals surface area contributed by atoms with Gasteiger partial charge in [-0.05, 0) is 54.7 Å². The molecular formula is C34H39NP2. The molecule has 190 valence electrons. The molecule has 0 radical (unpaired) electrons. The third-order valence-electron chi connectivity index (χ3n) is 8.06. The molecule has 0 amide bonds. The van der Waals surface area contributed by atoms with Gasteiger partial charge in [0.25, 0.3) is 0 Å². The van der Waals surface area contributed by atoms with E-state index in [1.165, 1.54) is 34.6 Å². The predicted molar refractivity (Wildman–Crippen MR) is 166 cm³/mol. The molecule has 3 heteroatoms. The number of nitrogens with zero attached hydrogens (tertiary/aromatic N) is 1. The Labute approximate surface area is 225 Å². The Morgan fingerprint density at radius 1 is 0.676 bits per heavy atom. The lowest BCUT2D eigenvalue weighted by Gasteiger charge is -2.51. The zero-order valence-corrected chi connectivity index (χ0v) is 23.8. The van der Waals surface area contributed by atoms with Crippen LogP contribution in [0.4, 0.5) is 0 Å². The topological polar surface area (TPSA) is 3.24 Å². The number of hydrogen-bond donors (Lipinski definition) is 0. The van der Waals surface area contributed by atoms with Crippen molar-refractivity contribution in [1.82, 2.24) is 4.44 Å². The Morgan fingerprint density at radius 2 is 1.05 bits per heavy atom. The Balaban J connectivity index is 1.76. The van der Waals surface area contributed by atoms with Crippen molar-refractivity contribution in [3.63, 3.8) is 0 Å². The van der Waals surface area contributed by atoms with Gasteiger partial charge in [0.15, 0.2) is 0 Å². The molecule has 37 heavy (non-hydrogen) atoms. The van der Waals surface area contributed by atoms with Crippen molar-refractivity contribution < 1.29 is 0 Å². The molecule has 1 heterocycles. The van der Waals surface area contributed by atoms with Crippen LogP contribution in [0.1, 0.15) is 55.1 Å². The molecule has 0 N–H and O–H groups in total. The molecule has 1 fully saturated rings. The van der Waals surface area contributed by atoms with E-state index in [9.17, 15) is 0 Å². The minimum Gasteiger partial charge on any atom is -0.158 e. The van der Waals surface area contributed by atoms with Crippen molar-refractivity contribution in [3.8, 4) is 0 Å². The minimum atomic E-state index is -2.17. The van der Waals surface area contributed by atoms with E-state index in [-0.39, 0.29) is 0 Å². The Hall–Kier alpha value is -2.30. The lowest BCUT2D eigenvalue weighted by atomic mass is 10.0. The van der Waals surface area contributed by atoms with Gasteiger partial charge in [-0.3, -0.25) is 0 Å². The van der Waals surface area contributed by atoms with Crippen LogP contribution in [-0.4, -0.2) is 11.0 Å². The lowest BCUT2D eigenvalue weighted by Crippen LogP contribution is -2.37. The fraction of sp³-hybridized carbons (Fsp3) is 0.235. The largest absolute Gasteiger partial charge is 0.158 e. The maximum Gasteiger partial charge on any atom is 0.0906 e. The molecule has 1 saturated heterocycles. The van der Waals surface area contributed by atoms with Crippen molar-refractivity contribution in [2.75, 3.05) is 6.54 Å². The van der Waals surface area contributed by atoms with E-state index in [1.54, 1.807) is 0 Å². The van der Waals surface area contributed by atoms with Crippen LogP contribution in [0, 0.1) is 13.3 Å². The molecule has 1 aliphatic rings. The van der Waals surface area contributed by atoms with Crippen LogP contribution < -0.4 is 10.6 Å². The van der Waals surface area contributed by atoms with Gasteiger partial charge in [-0.15, -0.1) is 11.1 Å². The SMILES string of the molecule is [CH2-][P+](c1ccccc1)(c1ccccc1)N(CCCC)[P+]1([CH2-])[C@@H](c2ccccc2)CC[C@H]1c1ccccc1. The van der Waals surface area contributed by atoms with E-state index in [1.807, 2.05) is 0 Å². The average Bonchev–Trinajstić information content (AvgIpc) is 3.32. The normalized spacial score (nSPS) is 21.8. The van der Waals surface area contributed by atoms with Crippen molar-refractivity contribution in [1.29, 1.82) is 0 Å². The fourth-order valence-corrected chi connectivity index (χ4v) is 16.7. The van der Waals surface area contributed by atoms with Crippen LogP contribution in [-0.2, 0) is 0 Å². The summed E-state index contributed by atoms with van der Waals surface area (Å²) in [5, 5.41) is 2.71. The maximum atomic E-state index is 5.38. The van der Waals surface area contributed by atoms with Gasteiger partial charge in [0.05, 0.1) is 35.9 Å². The second kappa shape index (κ2) is 11.6. The smallest absolute Gasteiger partial charge is 0.0906 e. The number of benzene rings is 4. The first-order chi connectivity index (χ1) is 18.1. The van der Waals surface area contributed by atoms with Crippen molar-refractivity contribution >= 4 is 25.4 Å². The van der Waals surface area contributed by atoms with E-state index in [4.69, 9.17) is 13.3 Å². The molecule has 0 aromatic heterocycles. The van der Waals surface area contributed by atoms with Gasteiger partial charge in [0, 0.05) is 7.41 Å². The highest BCUT2D eigenvalue weighted by Gasteiger charge is 2.60. The summed E-state index contributed by atoms with van der Waals surface area (Å²) in [7, 11) is -4.18. The van der Waals surface area contributed by atoms with Crippen molar-refractivity contribution in [3.05, 3.63) is 146 Å². The van der Waals surface area contributed by atoms with Crippen molar-refractivity contribution in [2.24, 2.45) is 0 Å². The van der Waals surface area contributed by atoms with Gasteiger partial charge in [0.2, 0.25) is 0 Å². The summed E-state index contributed by atoms with van der Waals surface area (Å²) < 4.78 is 2.91. The Morgan fingerprint density at radius 3 is 1.43 bits per heavy atom. The van der Waals surface area contributed by atoms with Gasteiger partial charge in [-0.25, -0.2) is 0 Å². The number of hydrogen-bond acceptors (Lipinski definition) is 1. The summed E-state index contributed by atoms with van der Waals surface area (Å²) in [5.74, 6) is 0. The highest BCUT2D eigenvalue weighted by atomic mass is 31.2. The monoisotopic (exact) mass is 523 g/mol. The van der Waals surface area contributed by atoms with Gasteiger partial charge >= 0.3 is 0 Å². The van der Waals surface area contributed by atoms with Crippen LogP contribution in [0.2, 0.25) is 0 Å². The van der Waals surface area contributed by atoms with Crippen LogP contribution >= 0.6 is 14.8 Å². The molecule has 4 aromatic carbocycles. The summed E-state index contributed by atoms with van der Waals surface area (Å²) in [4.78, 5) is 0. The number of rotatable bonds is 9. The first-order valence-electron chi connectivity index (χ1n) is 13.6. The first kappa shape index (κ1) is 26.3. The second-order valence-corrected chi connectivity index (χ2v) is 17.1. The third-order valence-corrected chi connectivity index (χ3v) is 17.6. The Bertz CT molecular complexity index is 1160. The molecule has 1 aliphatic heterocycles. The van der Waals surface area contributed by atoms with E-state index in [2.05, 4.69) is 133 Å². The molecule has 0 saturated carbocycles. The van der Waals surface area contributed by atoms with Gasteiger partial charge in [0.1, 0.15) is 0 Å². The molecule has 1 unspecified atom stereocenters. The molecule has 0 spiro atoms. The summed E-state index contributed by atoms with van der Waals surface area (Å²) in [6.45, 7) is 13.9. The highest BCUT2D eigenvalue weighted by molar-refractivity contribution is 7.97. The summed E-state index contributed by atoms with van der Waals surface area (Å²) in [6, 6.07) is 44.6. The second-order valence-electron chi connectivity index (χ2n) is 10.2. The summed E-state index contributed by atoms with van der Waals surface area (Å²) in [5.41, 5.74) is 3.76. The average molecular weight is 524 g/mol. The van der Waals surface area contributed by atoms with Crippen LogP contribution in [0.5, 0.6) is 0 Å². The van der Waals surface area contributed by atoms with Crippen LogP contribution in [0.3, 0.4) is 0 Å². The van der Waals surface area contributed by atoms with Gasteiger partial charge < -0.3 is 0 Å². The van der Waals surface area contributed by atoms with E-state index in [0.717, 1.165) is 19.4 Å². The summed E-state index contributed by atoms with van der Waals surface area (Å²) in [6.07, 6.45) is 4.66. The molecule has 0 aliphatic carbocycles. The highest BCUT2D eigenvalue weighted by Crippen LogP contribution is 2.91. The molecule has 0 bridgehead atoms. The van der Waals surface area contributed by atoms with E-state index in [0.29, 0.717) is 11.3 Å². The van der Waals surface area contributed by atoms with Gasteiger partial charge in [-0.1, -0.05) is 110 Å². The van der Waals surface area contributed by atoms with E-state index < -0.39 is 14.8 Å². The zero-order chi connectivity index (χ0) is 25.7. The standard InChI is InChI=1S/C34H39NP2/c1-4-5-28-35(36(2,31-22-14-8-15-23-31)32-24-16-9-17-25-32)37(3)33(29-18-10-6-11-19-29)26-27-34(37)30-20-12-7-13-21-30/h6-25,33-34H,2-5,26-28H2,1H3/t33-,34+,37?. The predicted octanol–water partition coefficient (Wildman–Crippen LogP) is 9.46. The first-order valence-corrected chi connectivity index (χ1v) is 17.5. The molecule has 3 atom stereocenters. The van der Waals surface area contributed by atoms with Crippen LogP contribution in [0.25, 0.3) is 0 Å². The van der Waals surface area contributed by atoms with Gasteiger partial charge in [-0.2, -0.15) is 6.66 Å². The van der Waals surface area contributed by atoms with Crippen LogP contribution in [0.15, 0.2) is 121 Å². The maximum absolute atomic E-state index is 5.38. The summed E-state index contributed by atoms with van der Waals surface area (Å²) >= 11 is 0.